The lowest BCUT2D eigenvalue weighted by Gasteiger charge is -2.19. The third-order valence-electron chi connectivity index (χ3n) is 3.06. The molecule has 0 saturated heterocycles. The van der Waals surface area contributed by atoms with Crippen LogP contribution in [0, 0.1) is 0 Å². The Kier molecular flexibility index (Phi) is 4.52. The van der Waals surface area contributed by atoms with Crippen LogP contribution in [0.25, 0.3) is 0 Å². The molecule has 0 amide bonds. The Labute approximate surface area is 113 Å². The Balaban J connectivity index is 2.34. The average Bonchev–Trinajstić information content (AvgIpc) is 2.86. The molecular formula is C14H20N4O. The quantitative estimate of drug-likeness (QED) is 0.862. The first-order valence-electron chi connectivity index (χ1n) is 6.46. The molecule has 19 heavy (non-hydrogen) atoms. The zero-order valence-corrected chi connectivity index (χ0v) is 11.6. The van der Waals surface area contributed by atoms with Crippen LogP contribution in [0.1, 0.15) is 30.6 Å². The lowest BCUT2D eigenvalue weighted by molar-refractivity contribution is 0.411. The molecule has 2 heterocycles. The number of hydrogen-bond acceptors (Lipinski definition) is 4. The summed E-state index contributed by atoms with van der Waals surface area (Å²) >= 11 is 0. The molecule has 0 aliphatic carbocycles. The first-order valence-corrected chi connectivity index (χ1v) is 6.46. The highest BCUT2D eigenvalue weighted by Crippen LogP contribution is 2.23. The Hall–Kier alpha value is -1.88. The van der Waals surface area contributed by atoms with Crippen LogP contribution in [0.2, 0.25) is 0 Å². The van der Waals surface area contributed by atoms with Gasteiger partial charge in [-0.3, -0.25) is 9.67 Å². The number of methoxy groups -OCH3 is 1. The molecule has 0 saturated carbocycles. The molecule has 0 aliphatic heterocycles. The van der Waals surface area contributed by atoms with E-state index in [4.69, 9.17) is 4.74 Å². The van der Waals surface area contributed by atoms with Gasteiger partial charge in [-0.2, -0.15) is 5.10 Å². The van der Waals surface area contributed by atoms with E-state index >= 15 is 0 Å². The first-order chi connectivity index (χ1) is 9.26. The van der Waals surface area contributed by atoms with E-state index in [-0.39, 0.29) is 6.04 Å². The number of hydrogen-bond donors (Lipinski definition) is 1. The first kappa shape index (κ1) is 13.5. The van der Waals surface area contributed by atoms with Gasteiger partial charge in [0.05, 0.1) is 25.0 Å². The molecule has 1 N–H and O–H groups in total. The summed E-state index contributed by atoms with van der Waals surface area (Å²) in [5, 5.41) is 7.76. The maximum absolute atomic E-state index is 5.24. The van der Waals surface area contributed by atoms with Gasteiger partial charge >= 0.3 is 0 Å². The van der Waals surface area contributed by atoms with Gasteiger partial charge in [0.15, 0.2) is 0 Å². The highest BCUT2D eigenvalue weighted by atomic mass is 16.5. The number of nitrogens with zero attached hydrogens (tertiary/aromatic N) is 3. The smallest absolute Gasteiger partial charge is 0.137 e. The van der Waals surface area contributed by atoms with E-state index in [1.54, 1.807) is 13.3 Å². The molecular weight excluding hydrogens is 240 g/mol. The van der Waals surface area contributed by atoms with Gasteiger partial charge < -0.3 is 10.1 Å². The Morgan fingerprint density at radius 2 is 2.26 bits per heavy atom. The second-order valence-corrected chi connectivity index (χ2v) is 4.42. The van der Waals surface area contributed by atoms with E-state index in [2.05, 4.69) is 22.3 Å². The van der Waals surface area contributed by atoms with E-state index in [0.29, 0.717) is 0 Å². The zero-order chi connectivity index (χ0) is 13.7. The predicted octanol–water partition coefficient (Wildman–Crippen LogP) is 1.91. The Bertz CT molecular complexity index is 524. The van der Waals surface area contributed by atoms with Gasteiger partial charge in [0.1, 0.15) is 5.75 Å². The molecule has 2 rings (SSSR count). The van der Waals surface area contributed by atoms with Crippen LogP contribution >= 0.6 is 0 Å². The normalized spacial score (nSPS) is 12.4. The van der Waals surface area contributed by atoms with Crippen molar-refractivity contribution in [1.29, 1.82) is 0 Å². The summed E-state index contributed by atoms with van der Waals surface area (Å²) < 4.78 is 7.13. The topological polar surface area (TPSA) is 52.0 Å². The molecule has 5 nitrogen and oxygen atoms in total. The lowest BCUT2D eigenvalue weighted by Crippen LogP contribution is -2.25. The molecule has 1 unspecified atom stereocenters. The zero-order valence-electron chi connectivity index (χ0n) is 11.6. The maximum atomic E-state index is 5.24. The average molecular weight is 260 g/mol. The van der Waals surface area contributed by atoms with Gasteiger partial charge in [0, 0.05) is 19.4 Å². The fraction of sp³-hybridized carbons (Fsp3) is 0.429. The summed E-state index contributed by atoms with van der Waals surface area (Å²) in [6, 6.07) is 4.11. The lowest BCUT2D eigenvalue weighted by atomic mass is 10.1. The fourth-order valence-corrected chi connectivity index (χ4v) is 2.05. The highest BCUT2D eigenvalue weighted by molar-refractivity contribution is 5.31. The van der Waals surface area contributed by atoms with Crippen LogP contribution in [-0.4, -0.2) is 28.4 Å². The molecule has 2 aromatic rings. The van der Waals surface area contributed by atoms with Gasteiger partial charge in [-0.05, 0) is 30.7 Å². The summed E-state index contributed by atoms with van der Waals surface area (Å²) in [4.78, 5) is 4.23. The molecule has 0 aromatic carbocycles. The monoisotopic (exact) mass is 260 g/mol. The third kappa shape index (κ3) is 3.12. The van der Waals surface area contributed by atoms with Crippen molar-refractivity contribution < 1.29 is 4.74 Å². The minimum absolute atomic E-state index is 0.0787. The van der Waals surface area contributed by atoms with Crippen molar-refractivity contribution in [2.45, 2.75) is 19.4 Å². The van der Waals surface area contributed by atoms with Crippen molar-refractivity contribution in [3.05, 3.63) is 42.0 Å². The second kappa shape index (κ2) is 6.33. The predicted molar refractivity (Wildman–Crippen MR) is 74.1 cm³/mol. The molecule has 102 valence electrons. The number of aryl methyl sites for hydroxylation is 1. The van der Waals surface area contributed by atoms with Gasteiger partial charge in [-0.15, -0.1) is 0 Å². The molecule has 0 radical (unpaired) electrons. The summed E-state index contributed by atoms with van der Waals surface area (Å²) in [5.74, 6) is 0.767. The van der Waals surface area contributed by atoms with Crippen molar-refractivity contribution >= 4 is 0 Å². The number of ether oxygens (including phenoxy) is 1. The van der Waals surface area contributed by atoms with Crippen LogP contribution in [0.3, 0.4) is 0 Å². The van der Waals surface area contributed by atoms with Crippen molar-refractivity contribution in [3.8, 4) is 5.75 Å². The SMILES string of the molecule is CCCNC(c1cncc(OC)c1)c1ccnn1C. The van der Waals surface area contributed by atoms with Crippen LogP contribution in [-0.2, 0) is 7.05 Å². The van der Waals surface area contributed by atoms with Crippen molar-refractivity contribution in [2.24, 2.45) is 7.05 Å². The van der Waals surface area contributed by atoms with E-state index in [1.807, 2.05) is 36.3 Å². The highest BCUT2D eigenvalue weighted by Gasteiger charge is 2.17. The molecule has 0 aliphatic rings. The second-order valence-electron chi connectivity index (χ2n) is 4.42. The Morgan fingerprint density at radius 3 is 2.89 bits per heavy atom. The molecule has 5 heteroatoms. The molecule has 0 fully saturated rings. The third-order valence-corrected chi connectivity index (χ3v) is 3.06. The standard InChI is InChI=1S/C14H20N4O/c1-4-6-16-14(13-5-7-17-18(13)2)11-8-12(19-3)10-15-9-11/h5,7-10,14,16H,4,6H2,1-3H3. The number of nitrogens with one attached hydrogen (secondary N) is 1. The van der Waals surface area contributed by atoms with Crippen LogP contribution < -0.4 is 10.1 Å². The number of aromatic nitrogens is 3. The molecule has 0 bridgehead atoms. The largest absolute Gasteiger partial charge is 0.495 e. The number of rotatable bonds is 6. The van der Waals surface area contributed by atoms with E-state index in [0.717, 1.165) is 30.0 Å². The minimum Gasteiger partial charge on any atom is -0.495 e. The van der Waals surface area contributed by atoms with E-state index in [9.17, 15) is 0 Å². The van der Waals surface area contributed by atoms with E-state index < -0.39 is 0 Å². The van der Waals surface area contributed by atoms with Gasteiger partial charge in [-0.25, -0.2) is 0 Å². The Morgan fingerprint density at radius 1 is 1.42 bits per heavy atom. The van der Waals surface area contributed by atoms with E-state index in [1.165, 1.54) is 0 Å². The van der Waals surface area contributed by atoms with Crippen LogP contribution in [0.5, 0.6) is 5.75 Å². The summed E-state index contributed by atoms with van der Waals surface area (Å²) in [6.07, 6.45) is 6.46. The fourth-order valence-electron chi connectivity index (χ4n) is 2.05. The molecule has 0 spiro atoms. The molecule has 1 atom stereocenters. The summed E-state index contributed by atoms with van der Waals surface area (Å²) in [6.45, 7) is 3.09. The summed E-state index contributed by atoms with van der Waals surface area (Å²) in [5.41, 5.74) is 2.19. The van der Waals surface area contributed by atoms with Gasteiger partial charge in [-0.1, -0.05) is 6.92 Å². The maximum Gasteiger partial charge on any atom is 0.137 e. The van der Waals surface area contributed by atoms with Gasteiger partial charge in [0.2, 0.25) is 0 Å². The van der Waals surface area contributed by atoms with Crippen LogP contribution in [0.4, 0.5) is 0 Å². The van der Waals surface area contributed by atoms with Crippen molar-refractivity contribution in [3.63, 3.8) is 0 Å². The van der Waals surface area contributed by atoms with Crippen molar-refractivity contribution in [2.75, 3.05) is 13.7 Å². The molecule has 2 aromatic heterocycles. The van der Waals surface area contributed by atoms with Gasteiger partial charge in [0.25, 0.3) is 0 Å². The minimum atomic E-state index is 0.0787. The van der Waals surface area contributed by atoms with Crippen molar-refractivity contribution in [1.82, 2.24) is 20.1 Å². The number of pyridine rings is 1. The van der Waals surface area contributed by atoms with Crippen LogP contribution in [0.15, 0.2) is 30.7 Å². The summed E-state index contributed by atoms with van der Waals surface area (Å²) in [7, 11) is 3.60.